The molecule has 0 saturated heterocycles. The molecule has 0 saturated carbocycles. The summed E-state index contributed by atoms with van der Waals surface area (Å²) in [6.45, 7) is 0. The van der Waals surface area contributed by atoms with Crippen LogP contribution in [0.15, 0.2) is 48.7 Å². The fourth-order valence-corrected chi connectivity index (χ4v) is 4.71. The number of nitrogens with zero attached hydrogens (tertiary/aromatic N) is 1. The number of hydrogen-bond acceptors (Lipinski definition) is 3. The van der Waals surface area contributed by atoms with Gasteiger partial charge < -0.3 is 5.32 Å². The molecule has 0 amide bonds. The van der Waals surface area contributed by atoms with Gasteiger partial charge in [-0.25, -0.2) is 0 Å². The van der Waals surface area contributed by atoms with Crippen LogP contribution in [0.2, 0.25) is 0 Å². The zero-order valence-corrected chi connectivity index (χ0v) is 12.9. The van der Waals surface area contributed by atoms with Crippen molar-refractivity contribution >= 4 is 21.4 Å². The van der Waals surface area contributed by atoms with Crippen LogP contribution in [-0.4, -0.2) is 12.0 Å². The predicted molar refractivity (Wildman–Crippen MR) is 88.9 cm³/mol. The molecule has 1 N–H and O–H groups in total. The maximum Gasteiger partial charge on any atom is 0.0497 e. The maximum atomic E-state index is 4.65. The minimum atomic E-state index is 0.360. The first-order chi connectivity index (χ1) is 10.4. The van der Waals surface area contributed by atoms with Gasteiger partial charge in [0.1, 0.15) is 0 Å². The summed E-state index contributed by atoms with van der Waals surface area (Å²) in [4.78, 5) is 6.07. The molecule has 0 bridgehead atoms. The Hall–Kier alpha value is -1.71. The third-order valence-corrected chi connectivity index (χ3v) is 5.67. The molecule has 2 nitrogen and oxygen atoms in total. The molecule has 4 rings (SSSR count). The maximum absolute atomic E-state index is 4.65. The highest BCUT2D eigenvalue weighted by Crippen LogP contribution is 2.43. The lowest BCUT2D eigenvalue weighted by molar-refractivity contribution is 0.477. The van der Waals surface area contributed by atoms with Gasteiger partial charge in [-0.3, -0.25) is 4.98 Å². The standard InChI is InChI=1S/C18H18N2S/c1-19-18(14-9-8-12-6-4-10-20-17(12)14)16-11-13-5-2-3-7-15(13)21-16/h2-7,10-11,14,18-19H,8-9H2,1H3. The van der Waals surface area contributed by atoms with Gasteiger partial charge in [0.2, 0.25) is 0 Å². The van der Waals surface area contributed by atoms with Gasteiger partial charge in [-0.1, -0.05) is 24.3 Å². The summed E-state index contributed by atoms with van der Waals surface area (Å²) in [7, 11) is 2.07. The van der Waals surface area contributed by atoms with Crippen molar-refractivity contribution in [1.82, 2.24) is 10.3 Å². The molecule has 2 atom stereocenters. The van der Waals surface area contributed by atoms with Crippen LogP contribution in [-0.2, 0) is 6.42 Å². The van der Waals surface area contributed by atoms with Crippen molar-refractivity contribution in [2.24, 2.45) is 0 Å². The molecule has 2 unspecified atom stereocenters. The molecule has 1 aromatic carbocycles. The number of thiophene rings is 1. The Bertz CT molecular complexity index is 744. The second kappa shape index (κ2) is 5.24. The van der Waals surface area contributed by atoms with Crippen LogP contribution < -0.4 is 5.32 Å². The molecule has 0 aliphatic heterocycles. The Morgan fingerprint density at radius 2 is 2.14 bits per heavy atom. The van der Waals surface area contributed by atoms with Crippen LogP contribution in [0.4, 0.5) is 0 Å². The van der Waals surface area contributed by atoms with E-state index in [9.17, 15) is 0 Å². The molecule has 0 radical (unpaired) electrons. The number of likely N-dealkylation sites (N-methyl/N-ethyl adjacent to an activating group) is 1. The summed E-state index contributed by atoms with van der Waals surface area (Å²) in [5.74, 6) is 0.485. The number of rotatable bonds is 3. The van der Waals surface area contributed by atoms with Gasteiger partial charge in [0.15, 0.2) is 0 Å². The molecule has 1 aliphatic rings. The number of aromatic nitrogens is 1. The summed E-state index contributed by atoms with van der Waals surface area (Å²) in [6.07, 6.45) is 4.26. The summed E-state index contributed by atoms with van der Waals surface area (Å²) < 4.78 is 1.37. The van der Waals surface area contributed by atoms with Crippen LogP contribution in [0.25, 0.3) is 10.1 Å². The number of aryl methyl sites for hydroxylation is 1. The van der Waals surface area contributed by atoms with E-state index in [0.717, 1.165) is 6.42 Å². The van der Waals surface area contributed by atoms with Gasteiger partial charge in [0, 0.05) is 33.4 Å². The summed E-state index contributed by atoms with van der Waals surface area (Å²) >= 11 is 1.90. The van der Waals surface area contributed by atoms with Gasteiger partial charge in [-0.2, -0.15) is 0 Å². The van der Waals surface area contributed by atoms with Crippen molar-refractivity contribution < 1.29 is 0 Å². The van der Waals surface area contributed by atoms with Gasteiger partial charge in [0.25, 0.3) is 0 Å². The highest BCUT2D eigenvalue weighted by atomic mass is 32.1. The van der Waals surface area contributed by atoms with Crippen molar-refractivity contribution in [2.75, 3.05) is 7.05 Å². The average molecular weight is 294 g/mol. The molecular weight excluding hydrogens is 276 g/mol. The monoisotopic (exact) mass is 294 g/mol. The Morgan fingerprint density at radius 3 is 3.00 bits per heavy atom. The van der Waals surface area contributed by atoms with E-state index in [2.05, 4.69) is 59.8 Å². The highest BCUT2D eigenvalue weighted by Gasteiger charge is 2.31. The molecule has 1 aliphatic carbocycles. The predicted octanol–water partition coefficient (Wildman–Crippen LogP) is 4.29. The topological polar surface area (TPSA) is 24.9 Å². The van der Waals surface area contributed by atoms with E-state index in [1.54, 1.807) is 0 Å². The van der Waals surface area contributed by atoms with E-state index in [1.807, 2.05) is 17.5 Å². The van der Waals surface area contributed by atoms with E-state index in [0.29, 0.717) is 12.0 Å². The van der Waals surface area contributed by atoms with Crippen LogP contribution in [0.1, 0.15) is 34.5 Å². The van der Waals surface area contributed by atoms with Crippen LogP contribution in [0.5, 0.6) is 0 Å². The number of fused-ring (bicyclic) bond motifs is 2. The normalized spacial score (nSPS) is 18.8. The Balaban J connectivity index is 1.75. The molecule has 0 fully saturated rings. The van der Waals surface area contributed by atoms with Crippen molar-refractivity contribution in [3.05, 3.63) is 64.8 Å². The van der Waals surface area contributed by atoms with E-state index in [-0.39, 0.29) is 0 Å². The van der Waals surface area contributed by atoms with Gasteiger partial charge >= 0.3 is 0 Å². The van der Waals surface area contributed by atoms with Crippen LogP contribution in [0, 0.1) is 0 Å². The minimum absolute atomic E-state index is 0.360. The first kappa shape index (κ1) is 13.0. The second-order valence-electron chi connectivity index (χ2n) is 5.65. The van der Waals surface area contributed by atoms with Gasteiger partial charge in [-0.15, -0.1) is 11.3 Å². The fourth-order valence-electron chi connectivity index (χ4n) is 3.47. The number of nitrogens with one attached hydrogen (secondary N) is 1. The quantitative estimate of drug-likeness (QED) is 0.779. The lowest BCUT2D eigenvalue weighted by Crippen LogP contribution is -2.22. The second-order valence-corrected chi connectivity index (χ2v) is 6.76. The van der Waals surface area contributed by atoms with E-state index >= 15 is 0 Å². The molecule has 3 heteroatoms. The number of benzene rings is 1. The van der Waals surface area contributed by atoms with Crippen molar-refractivity contribution in [2.45, 2.75) is 24.8 Å². The molecule has 106 valence electrons. The average Bonchev–Trinajstić information content (AvgIpc) is 3.13. The summed E-state index contributed by atoms with van der Waals surface area (Å²) in [6, 6.07) is 15.6. The highest BCUT2D eigenvalue weighted by molar-refractivity contribution is 7.19. The Morgan fingerprint density at radius 1 is 1.24 bits per heavy atom. The molecule has 2 aromatic heterocycles. The number of pyridine rings is 1. The molecule has 0 spiro atoms. The first-order valence-electron chi connectivity index (χ1n) is 7.46. The van der Waals surface area contributed by atoms with E-state index < -0.39 is 0 Å². The van der Waals surface area contributed by atoms with Gasteiger partial charge in [0.05, 0.1) is 0 Å². The zero-order chi connectivity index (χ0) is 14.2. The molecule has 2 heterocycles. The van der Waals surface area contributed by atoms with Crippen molar-refractivity contribution in [3.8, 4) is 0 Å². The molecular formula is C18H18N2S. The lowest BCUT2D eigenvalue weighted by Gasteiger charge is -2.22. The van der Waals surface area contributed by atoms with Gasteiger partial charge in [-0.05, 0) is 49.0 Å². The van der Waals surface area contributed by atoms with E-state index in [4.69, 9.17) is 0 Å². The largest absolute Gasteiger partial charge is 0.312 e. The molecule has 21 heavy (non-hydrogen) atoms. The summed E-state index contributed by atoms with van der Waals surface area (Å²) in [5.41, 5.74) is 2.71. The third kappa shape index (κ3) is 2.17. The third-order valence-electron chi connectivity index (χ3n) is 4.47. The lowest BCUT2D eigenvalue weighted by atomic mass is 9.95. The molecule has 3 aromatic rings. The smallest absolute Gasteiger partial charge is 0.0497 e. The first-order valence-corrected chi connectivity index (χ1v) is 8.28. The van der Waals surface area contributed by atoms with Crippen molar-refractivity contribution in [1.29, 1.82) is 0 Å². The zero-order valence-electron chi connectivity index (χ0n) is 12.0. The summed E-state index contributed by atoms with van der Waals surface area (Å²) in [5, 5.41) is 4.88. The van der Waals surface area contributed by atoms with E-state index in [1.165, 1.54) is 32.6 Å². The van der Waals surface area contributed by atoms with Crippen LogP contribution in [0.3, 0.4) is 0 Å². The van der Waals surface area contributed by atoms with Crippen molar-refractivity contribution in [3.63, 3.8) is 0 Å². The van der Waals surface area contributed by atoms with Crippen LogP contribution >= 0.6 is 11.3 Å². The minimum Gasteiger partial charge on any atom is -0.312 e. The fraction of sp³-hybridized carbons (Fsp3) is 0.278. The number of hydrogen-bond donors (Lipinski definition) is 1. The SMILES string of the molecule is CNC(c1cc2ccccc2s1)C1CCc2cccnc21. The Labute approximate surface area is 128 Å². The Kier molecular flexibility index (Phi) is 3.24.